The Bertz CT molecular complexity index is 857. The normalized spacial score (nSPS) is 11.8. The van der Waals surface area contributed by atoms with Crippen LogP contribution >= 0.6 is 0 Å². The van der Waals surface area contributed by atoms with Crippen LogP contribution in [-0.4, -0.2) is 33.2 Å². The molecule has 0 radical (unpaired) electrons. The largest absolute Gasteiger partial charge is 0.337 e. The fourth-order valence-corrected chi connectivity index (χ4v) is 2.55. The zero-order chi connectivity index (χ0) is 21.8. The van der Waals surface area contributed by atoms with E-state index < -0.39 is 0 Å². The highest BCUT2D eigenvalue weighted by Gasteiger charge is 2.25. The van der Waals surface area contributed by atoms with Gasteiger partial charge in [0, 0.05) is 30.6 Å². The van der Waals surface area contributed by atoms with Gasteiger partial charge < -0.3 is 10.6 Å². The van der Waals surface area contributed by atoms with Gasteiger partial charge in [-0.3, -0.25) is 10.1 Å². The Hall–Kier alpha value is -2.90. The molecule has 158 valence electrons. The van der Waals surface area contributed by atoms with E-state index in [2.05, 4.69) is 46.8 Å². The van der Waals surface area contributed by atoms with Crippen molar-refractivity contribution in [2.75, 3.05) is 17.2 Å². The Morgan fingerprint density at radius 1 is 1.07 bits per heavy atom. The summed E-state index contributed by atoms with van der Waals surface area (Å²) in [5, 5.41) is 12.9. The minimum absolute atomic E-state index is 0.133. The van der Waals surface area contributed by atoms with E-state index in [1.165, 1.54) is 0 Å². The van der Waals surface area contributed by atoms with Crippen LogP contribution in [0, 0.1) is 6.92 Å². The summed E-state index contributed by atoms with van der Waals surface area (Å²) in [7, 11) is 0. The molecule has 0 fully saturated rings. The highest BCUT2D eigenvalue weighted by molar-refractivity contribution is 5.91. The molecular weight excluding hydrogens is 368 g/mol. The van der Waals surface area contributed by atoms with Gasteiger partial charge in [-0.2, -0.15) is 5.10 Å². The van der Waals surface area contributed by atoms with Crippen molar-refractivity contribution in [3.63, 3.8) is 0 Å². The van der Waals surface area contributed by atoms with Gasteiger partial charge in [-0.15, -0.1) is 0 Å². The molecule has 2 aromatic heterocycles. The Kier molecular flexibility index (Phi) is 6.66. The Morgan fingerprint density at radius 2 is 1.76 bits per heavy atom. The molecule has 0 unspecified atom stereocenters. The van der Waals surface area contributed by atoms with E-state index in [1.807, 2.05) is 44.5 Å². The SMILES string of the molecule is Cc1ccc(NC(=O)CCNC(=O)Nc2cc(C(C)(C)C)nn2C(C)(C)C)nc1. The number of nitrogens with one attached hydrogen (secondary N) is 3. The van der Waals surface area contributed by atoms with Gasteiger partial charge >= 0.3 is 6.03 Å². The van der Waals surface area contributed by atoms with Crippen LogP contribution in [0.1, 0.15) is 59.2 Å². The zero-order valence-electron chi connectivity index (χ0n) is 18.4. The minimum Gasteiger partial charge on any atom is -0.337 e. The molecule has 8 heteroatoms. The van der Waals surface area contributed by atoms with Crippen LogP contribution in [0.3, 0.4) is 0 Å². The van der Waals surface area contributed by atoms with Crippen molar-refractivity contribution in [1.29, 1.82) is 0 Å². The molecule has 0 bridgehead atoms. The van der Waals surface area contributed by atoms with Crippen LogP contribution in [0.2, 0.25) is 0 Å². The molecule has 8 nitrogen and oxygen atoms in total. The lowest BCUT2D eigenvalue weighted by atomic mass is 9.92. The highest BCUT2D eigenvalue weighted by Crippen LogP contribution is 2.28. The smallest absolute Gasteiger partial charge is 0.320 e. The summed E-state index contributed by atoms with van der Waals surface area (Å²) >= 11 is 0. The second kappa shape index (κ2) is 8.63. The van der Waals surface area contributed by atoms with Gasteiger partial charge in [-0.25, -0.2) is 14.5 Å². The summed E-state index contributed by atoms with van der Waals surface area (Å²) in [5.74, 6) is 0.901. The van der Waals surface area contributed by atoms with Crippen molar-refractivity contribution in [2.24, 2.45) is 0 Å². The molecule has 0 aliphatic heterocycles. The molecule has 0 aliphatic carbocycles. The van der Waals surface area contributed by atoms with E-state index in [1.54, 1.807) is 12.3 Å². The van der Waals surface area contributed by atoms with Crippen LogP contribution in [-0.2, 0) is 15.7 Å². The number of urea groups is 1. The van der Waals surface area contributed by atoms with Crippen LogP contribution in [0.4, 0.5) is 16.4 Å². The number of anilines is 2. The molecule has 29 heavy (non-hydrogen) atoms. The van der Waals surface area contributed by atoms with Crippen molar-refractivity contribution >= 4 is 23.6 Å². The predicted molar refractivity (Wildman–Crippen MR) is 115 cm³/mol. The fraction of sp³-hybridized carbons (Fsp3) is 0.524. The van der Waals surface area contributed by atoms with Crippen LogP contribution in [0.5, 0.6) is 0 Å². The standard InChI is InChI=1S/C21H32N6O2/c1-14-8-9-16(23-13-14)24-18(28)10-11-22-19(29)25-17-12-15(20(2,3)4)26-27(17)21(5,6)7/h8-9,12-13H,10-11H2,1-7H3,(H2,22,25,29)(H,23,24,28). The Labute approximate surface area is 172 Å². The van der Waals surface area contributed by atoms with Crippen molar-refractivity contribution in [3.05, 3.63) is 35.7 Å². The van der Waals surface area contributed by atoms with Gasteiger partial charge in [0.25, 0.3) is 0 Å². The van der Waals surface area contributed by atoms with Crippen LogP contribution < -0.4 is 16.0 Å². The van der Waals surface area contributed by atoms with E-state index >= 15 is 0 Å². The molecule has 2 aromatic rings. The minimum atomic E-state index is -0.378. The number of amides is 3. The van der Waals surface area contributed by atoms with Gasteiger partial charge in [-0.1, -0.05) is 26.8 Å². The number of aromatic nitrogens is 3. The average Bonchev–Trinajstić information content (AvgIpc) is 3.01. The van der Waals surface area contributed by atoms with Crippen molar-refractivity contribution in [3.8, 4) is 0 Å². The average molecular weight is 401 g/mol. The molecule has 0 saturated heterocycles. The first-order valence-corrected chi connectivity index (χ1v) is 9.74. The summed E-state index contributed by atoms with van der Waals surface area (Å²) in [6.45, 7) is 14.4. The third kappa shape index (κ3) is 6.58. The quantitative estimate of drug-likeness (QED) is 0.711. The maximum absolute atomic E-state index is 12.3. The summed E-state index contributed by atoms with van der Waals surface area (Å²) in [6, 6.07) is 5.13. The monoisotopic (exact) mass is 400 g/mol. The number of rotatable bonds is 5. The fourth-order valence-electron chi connectivity index (χ4n) is 2.55. The third-order valence-electron chi connectivity index (χ3n) is 4.17. The molecular formula is C21H32N6O2. The molecule has 3 amide bonds. The molecule has 2 rings (SSSR count). The van der Waals surface area contributed by atoms with Crippen molar-refractivity contribution in [2.45, 2.75) is 65.8 Å². The number of hydrogen-bond donors (Lipinski definition) is 3. The second-order valence-corrected chi connectivity index (χ2v) is 9.15. The molecule has 0 saturated carbocycles. The number of carbonyl (C=O) groups is 2. The Morgan fingerprint density at radius 3 is 2.31 bits per heavy atom. The number of hydrogen-bond acceptors (Lipinski definition) is 4. The lowest BCUT2D eigenvalue weighted by Crippen LogP contribution is -2.34. The number of carbonyl (C=O) groups excluding carboxylic acids is 2. The number of nitrogens with zero attached hydrogens (tertiary/aromatic N) is 3. The van der Waals surface area contributed by atoms with E-state index in [0.29, 0.717) is 11.6 Å². The molecule has 0 aliphatic rings. The van der Waals surface area contributed by atoms with E-state index in [9.17, 15) is 9.59 Å². The van der Waals surface area contributed by atoms with Crippen molar-refractivity contribution in [1.82, 2.24) is 20.1 Å². The van der Waals surface area contributed by atoms with Crippen molar-refractivity contribution < 1.29 is 9.59 Å². The summed E-state index contributed by atoms with van der Waals surface area (Å²) in [6.07, 6.45) is 1.83. The zero-order valence-corrected chi connectivity index (χ0v) is 18.4. The first kappa shape index (κ1) is 22.4. The predicted octanol–water partition coefficient (Wildman–Crippen LogP) is 3.79. The first-order valence-electron chi connectivity index (χ1n) is 9.74. The number of aryl methyl sites for hydroxylation is 1. The summed E-state index contributed by atoms with van der Waals surface area (Å²) in [4.78, 5) is 28.5. The van der Waals surface area contributed by atoms with Gasteiger partial charge in [-0.05, 0) is 39.3 Å². The molecule has 3 N–H and O–H groups in total. The highest BCUT2D eigenvalue weighted by atomic mass is 16.2. The molecule has 0 atom stereocenters. The molecule has 0 spiro atoms. The summed E-state index contributed by atoms with van der Waals surface area (Å²) in [5.41, 5.74) is 1.50. The van der Waals surface area contributed by atoms with E-state index in [0.717, 1.165) is 11.3 Å². The Balaban J connectivity index is 1.91. The third-order valence-corrected chi connectivity index (χ3v) is 4.17. The van der Waals surface area contributed by atoms with Crippen LogP contribution in [0.25, 0.3) is 0 Å². The second-order valence-electron chi connectivity index (χ2n) is 9.15. The van der Waals surface area contributed by atoms with E-state index in [-0.39, 0.29) is 35.9 Å². The molecule has 0 aromatic carbocycles. The number of pyridine rings is 1. The van der Waals surface area contributed by atoms with Gasteiger partial charge in [0.2, 0.25) is 5.91 Å². The molecule has 2 heterocycles. The first-order chi connectivity index (χ1) is 13.4. The van der Waals surface area contributed by atoms with E-state index in [4.69, 9.17) is 0 Å². The summed E-state index contributed by atoms with van der Waals surface area (Å²) < 4.78 is 1.81. The van der Waals surface area contributed by atoms with Crippen LogP contribution in [0.15, 0.2) is 24.4 Å². The maximum atomic E-state index is 12.3. The van der Waals surface area contributed by atoms with Gasteiger partial charge in [0.1, 0.15) is 11.6 Å². The topological polar surface area (TPSA) is 101 Å². The lowest BCUT2D eigenvalue weighted by molar-refractivity contribution is -0.116. The van der Waals surface area contributed by atoms with Gasteiger partial charge in [0.15, 0.2) is 0 Å². The van der Waals surface area contributed by atoms with Gasteiger partial charge in [0.05, 0.1) is 11.2 Å². The lowest BCUT2D eigenvalue weighted by Gasteiger charge is -2.23. The maximum Gasteiger partial charge on any atom is 0.320 e.